The van der Waals surface area contributed by atoms with Crippen molar-refractivity contribution in [2.24, 2.45) is 0 Å². The number of aryl methyl sites for hydroxylation is 1. The van der Waals surface area contributed by atoms with E-state index in [2.05, 4.69) is 26.2 Å². The molecule has 0 aliphatic carbocycles. The first kappa shape index (κ1) is 15.9. The van der Waals surface area contributed by atoms with Crippen molar-refractivity contribution < 1.29 is 9.47 Å². The molecule has 21 heavy (non-hydrogen) atoms. The van der Waals surface area contributed by atoms with Crippen molar-refractivity contribution in [3.63, 3.8) is 0 Å². The Balaban J connectivity index is 2.20. The second kappa shape index (κ2) is 7.00. The number of ether oxygens (including phenoxy) is 2. The lowest BCUT2D eigenvalue weighted by Crippen LogP contribution is -2.04. The standard InChI is InChI=1S/C15H16BrClN2O2/c1-9-11(5-7-13(16)19-9)18-8-10-4-6-12(20-2)15(21-3)14(10)17/h4-7,18H,8H2,1-3H3. The van der Waals surface area contributed by atoms with Crippen molar-refractivity contribution in [3.05, 3.63) is 45.1 Å². The topological polar surface area (TPSA) is 43.4 Å². The largest absolute Gasteiger partial charge is 0.493 e. The number of hydrogen-bond acceptors (Lipinski definition) is 4. The molecular formula is C15H16BrClN2O2. The highest BCUT2D eigenvalue weighted by molar-refractivity contribution is 9.10. The molecule has 4 nitrogen and oxygen atoms in total. The second-order valence-electron chi connectivity index (χ2n) is 4.39. The van der Waals surface area contributed by atoms with Crippen molar-refractivity contribution in [3.8, 4) is 11.5 Å². The zero-order valence-corrected chi connectivity index (χ0v) is 14.4. The van der Waals surface area contributed by atoms with Gasteiger partial charge in [-0.05, 0) is 46.6 Å². The fraction of sp³-hybridized carbons (Fsp3) is 0.267. The van der Waals surface area contributed by atoms with Gasteiger partial charge in [-0.25, -0.2) is 4.98 Å². The van der Waals surface area contributed by atoms with Gasteiger partial charge in [-0.15, -0.1) is 0 Å². The number of hydrogen-bond donors (Lipinski definition) is 1. The van der Waals surface area contributed by atoms with E-state index in [-0.39, 0.29) is 0 Å². The van der Waals surface area contributed by atoms with Crippen LogP contribution in [-0.2, 0) is 6.54 Å². The van der Waals surface area contributed by atoms with Crippen LogP contribution in [0.2, 0.25) is 5.02 Å². The van der Waals surface area contributed by atoms with Crippen molar-refractivity contribution in [2.45, 2.75) is 13.5 Å². The Kier molecular flexibility index (Phi) is 5.31. The van der Waals surface area contributed by atoms with E-state index < -0.39 is 0 Å². The highest BCUT2D eigenvalue weighted by Crippen LogP contribution is 2.37. The van der Waals surface area contributed by atoms with Gasteiger partial charge in [0.25, 0.3) is 0 Å². The Morgan fingerprint density at radius 3 is 2.57 bits per heavy atom. The lowest BCUT2D eigenvalue weighted by Gasteiger charge is -2.14. The average Bonchev–Trinajstić information content (AvgIpc) is 2.47. The molecule has 0 aliphatic rings. The first-order valence-corrected chi connectivity index (χ1v) is 7.50. The summed E-state index contributed by atoms with van der Waals surface area (Å²) in [6.45, 7) is 2.52. The zero-order valence-electron chi connectivity index (χ0n) is 12.0. The zero-order chi connectivity index (χ0) is 15.4. The van der Waals surface area contributed by atoms with Crippen LogP contribution in [0.5, 0.6) is 11.5 Å². The number of rotatable bonds is 5. The number of anilines is 1. The molecule has 0 bridgehead atoms. The van der Waals surface area contributed by atoms with Crippen LogP contribution in [0.15, 0.2) is 28.9 Å². The minimum atomic E-state index is 0.545. The summed E-state index contributed by atoms with van der Waals surface area (Å²) in [5.74, 6) is 1.16. The molecule has 2 aromatic rings. The third-order valence-corrected chi connectivity index (χ3v) is 3.94. The van der Waals surface area contributed by atoms with Gasteiger partial charge in [0.05, 0.1) is 30.6 Å². The van der Waals surface area contributed by atoms with Gasteiger partial charge in [0.15, 0.2) is 11.5 Å². The van der Waals surface area contributed by atoms with Crippen LogP contribution in [0.4, 0.5) is 5.69 Å². The quantitative estimate of drug-likeness (QED) is 0.789. The second-order valence-corrected chi connectivity index (χ2v) is 5.59. The summed E-state index contributed by atoms with van der Waals surface area (Å²) in [7, 11) is 3.16. The SMILES string of the molecule is COc1ccc(CNc2ccc(Br)nc2C)c(Cl)c1OC. The Bertz CT molecular complexity index is 650. The number of nitrogens with one attached hydrogen (secondary N) is 1. The summed E-state index contributed by atoms with van der Waals surface area (Å²) in [6, 6.07) is 7.62. The lowest BCUT2D eigenvalue weighted by atomic mass is 10.2. The Morgan fingerprint density at radius 2 is 1.95 bits per heavy atom. The molecule has 0 radical (unpaired) electrons. The molecule has 0 atom stereocenters. The monoisotopic (exact) mass is 370 g/mol. The number of aromatic nitrogens is 1. The molecule has 6 heteroatoms. The number of halogens is 2. The molecule has 0 aliphatic heterocycles. The van der Waals surface area contributed by atoms with Gasteiger partial charge in [0, 0.05) is 6.54 Å². The highest BCUT2D eigenvalue weighted by atomic mass is 79.9. The van der Waals surface area contributed by atoms with Gasteiger partial charge in [-0.2, -0.15) is 0 Å². The lowest BCUT2D eigenvalue weighted by molar-refractivity contribution is 0.355. The number of nitrogens with zero attached hydrogens (tertiary/aromatic N) is 1. The van der Waals surface area contributed by atoms with E-state index in [4.69, 9.17) is 21.1 Å². The first-order chi connectivity index (χ1) is 10.1. The molecule has 0 saturated heterocycles. The van der Waals surface area contributed by atoms with Gasteiger partial charge >= 0.3 is 0 Å². The molecule has 112 valence electrons. The van der Waals surface area contributed by atoms with Gasteiger partial charge in [-0.3, -0.25) is 0 Å². The molecule has 0 fully saturated rings. The van der Waals surface area contributed by atoms with Gasteiger partial charge in [0.2, 0.25) is 0 Å². The predicted molar refractivity (Wildman–Crippen MR) is 88.6 cm³/mol. The number of methoxy groups -OCH3 is 2. The summed E-state index contributed by atoms with van der Waals surface area (Å²) in [4.78, 5) is 4.35. The minimum Gasteiger partial charge on any atom is -0.493 e. The maximum absolute atomic E-state index is 6.36. The Hall–Kier alpha value is -1.46. The Morgan fingerprint density at radius 1 is 1.19 bits per heavy atom. The molecule has 0 spiro atoms. The predicted octanol–water partition coefficient (Wildman–Crippen LogP) is 4.44. The van der Waals surface area contributed by atoms with Crippen LogP contribution in [0.3, 0.4) is 0 Å². The van der Waals surface area contributed by atoms with Crippen molar-refractivity contribution in [2.75, 3.05) is 19.5 Å². The van der Waals surface area contributed by atoms with Crippen molar-refractivity contribution in [1.82, 2.24) is 4.98 Å². The van der Waals surface area contributed by atoms with E-state index in [1.165, 1.54) is 0 Å². The highest BCUT2D eigenvalue weighted by Gasteiger charge is 2.13. The third kappa shape index (κ3) is 3.60. The Labute approximate surface area is 137 Å². The van der Waals surface area contributed by atoms with E-state index >= 15 is 0 Å². The van der Waals surface area contributed by atoms with Crippen LogP contribution >= 0.6 is 27.5 Å². The molecular weight excluding hydrogens is 356 g/mol. The van der Waals surface area contributed by atoms with Gasteiger partial charge in [0.1, 0.15) is 4.60 Å². The van der Waals surface area contributed by atoms with E-state index in [1.54, 1.807) is 14.2 Å². The average molecular weight is 372 g/mol. The molecule has 1 aromatic heterocycles. The van der Waals surface area contributed by atoms with Gasteiger partial charge < -0.3 is 14.8 Å². The summed E-state index contributed by atoms with van der Waals surface area (Å²) in [5.41, 5.74) is 2.81. The van der Waals surface area contributed by atoms with Crippen LogP contribution in [0.1, 0.15) is 11.3 Å². The maximum Gasteiger partial charge on any atom is 0.179 e. The fourth-order valence-corrected chi connectivity index (χ4v) is 2.67. The molecule has 1 N–H and O–H groups in total. The summed E-state index contributed by atoms with van der Waals surface area (Å²) in [5, 5.41) is 3.87. The molecule has 1 heterocycles. The summed E-state index contributed by atoms with van der Waals surface area (Å²) < 4.78 is 11.3. The third-order valence-electron chi connectivity index (χ3n) is 3.09. The van der Waals surface area contributed by atoms with E-state index in [0.29, 0.717) is 23.1 Å². The maximum atomic E-state index is 6.36. The van der Waals surface area contributed by atoms with Crippen molar-refractivity contribution >= 4 is 33.2 Å². The van der Waals surface area contributed by atoms with E-state index in [1.807, 2.05) is 31.2 Å². The summed E-state index contributed by atoms with van der Waals surface area (Å²) in [6.07, 6.45) is 0. The molecule has 1 aromatic carbocycles. The molecule has 0 unspecified atom stereocenters. The molecule has 0 amide bonds. The van der Waals surface area contributed by atoms with Crippen LogP contribution < -0.4 is 14.8 Å². The normalized spacial score (nSPS) is 10.3. The first-order valence-electron chi connectivity index (χ1n) is 6.33. The summed E-state index contributed by atoms with van der Waals surface area (Å²) >= 11 is 9.70. The smallest absolute Gasteiger partial charge is 0.179 e. The van der Waals surface area contributed by atoms with Crippen LogP contribution in [0.25, 0.3) is 0 Å². The number of pyridine rings is 1. The van der Waals surface area contributed by atoms with Crippen LogP contribution in [0, 0.1) is 6.92 Å². The van der Waals surface area contributed by atoms with Gasteiger partial charge in [-0.1, -0.05) is 17.7 Å². The van der Waals surface area contributed by atoms with Crippen LogP contribution in [-0.4, -0.2) is 19.2 Å². The van der Waals surface area contributed by atoms with E-state index in [9.17, 15) is 0 Å². The fourth-order valence-electron chi connectivity index (χ4n) is 1.97. The molecule has 0 saturated carbocycles. The van der Waals surface area contributed by atoms with Crippen molar-refractivity contribution in [1.29, 1.82) is 0 Å². The molecule has 2 rings (SSSR count). The minimum absolute atomic E-state index is 0.545. The van der Waals surface area contributed by atoms with E-state index in [0.717, 1.165) is 21.5 Å². The number of benzene rings is 1.